The van der Waals surface area contributed by atoms with Gasteiger partial charge in [-0.2, -0.15) is 8.78 Å². The number of halogens is 3. The van der Waals surface area contributed by atoms with Crippen LogP contribution in [0.3, 0.4) is 0 Å². The number of rotatable bonds is 3. The van der Waals surface area contributed by atoms with Crippen molar-refractivity contribution in [2.45, 2.75) is 6.42 Å². The molecule has 0 unspecified atom stereocenters. The van der Waals surface area contributed by atoms with E-state index in [-0.39, 0.29) is 6.42 Å². The molecule has 1 aliphatic rings. The molecule has 0 amide bonds. The van der Waals surface area contributed by atoms with Crippen LogP contribution in [0.2, 0.25) is 0 Å². The highest BCUT2D eigenvalue weighted by Gasteiger charge is 2.12. The number of nitrogens with two attached hydrogens (primary N) is 1. The Labute approximate surface area is 78.3 Å². The maximum atomic E-state index is 12.3. The van der Waals surface area contributed by atoms with Crippen LogP contribution >= 0.6 is 11.8 Å². The Kier molecular flexibility index (Phi) is 4.31. The van der Waals surface area contributed by atoms with E-state index in [1.165, 1.54) is 11.8 Å². The van der Waals surface area contributed by atoms with Crippen molar-refractivity contribution < 1.29 is 18.5 Å². The number of aliphatic imine (C=N–C) groups is 1. The van der Waals surface area contributed by atoms with Gasteiger partial charge in [0.15, 0.2) is 5.83 Å². The van der Waals surface area contributed by atoms with Crippen molar-refractivity contribution in [1.29, 1.82) is 0 Å². The molecule has 0 aliphatic carbocycles. The Hall–Kier alpha value is -0.490. The standard InChI is InChI=1S/C7H9F3N2S/c8-5(6(9)10)1-4-13-7-11-2-3-12-7/h1-4H2,(H,11,12)/p+1. The molecule has 13 heavy (non-hydrogen) atoms. The minimum absolute atomic E-state index is 0.222. The van der Waals surface area contributed by atoms with Crippen molar-refractivity contribution in [1.82, 2.24) is 0 Å². The Balaban J connectivity index is 2.17. The largest absolute Gasteiger partial charge is 0.301 e. The van der Waals surface area contributed by atoms with Crippen LogP contribution in [0.4, 0.5) is 13.2 Å². The normalized spacial score (nSPS) is 15.8. The van der Waals surface area contributed by atoms with Crippen LogP contribution in [-0.2, 0) is 0 Å². The number of quaternary nitrogens is 1. The summed E-state index contributed by atoms with van der Waals surface area (Å²) in [5, 5.41) is 2.77. The average molecular weight is 211 g/mol. The van der Waals surface area contributed by atoms with Gasteiger partial charge in [-0.1, -0.05) is 0 Å². The summed E-state index contributed by atoms with van der Waals surface area (Å²) in [7, 11) is 0. The lowest BCUT2D eigenvalue weighted by Crippen LogP contribution is -2.85. The molecule has 0 saturated heterocycles. The first-order chi connectivity index (χ1) is 6.20. The Morgan fingerprint density at radius 3 is 2.77 bits per heavy atom. The average Bonchev–Trinajstić information content (AvgIpc) is 2.56. The monoisotopic (exact) mass is 211 g/mol. The first kappa shape index (κ1) is 10.6. The van der Waals surface area contributed by atoms with Gasteiger partial charge < -0.3 is 0 Å². The highest BCUT2D eigenvalue weighted by molar-refractivity contribution is 8.13. The highest BCUT2D eigenvalue weighted by Crippen LogP contribution is 2.16. The van der Waals surface area contributed by atoms with Gasteiger partial charge in [-0.25, -0.2) is 9.38 Å². The second-order valence-electron chi connectivity index (χ2n) is 2.48. The minimum atomic E-state index is -2.21. The fourth-order valence-corrected chi connectivity index (χ4v) is 1.78. The molecule has 0 radical (unpaired) electrons. The zero-order valence-electron chi connectivity index (χ0n) is 6.90. The molecular formula is C7H10F3N2S+. The molecule has 0 bridgehead atoms. The van der Waals surface area contributed by atoms with Crippen LogP contribution in [0.1, 0.15) is 6.42 Å². The number of allylic oxidation sites excluding steroid dienone is 1. The molecule has 1 rings (SSSR count). The molecule has 0 aromatic carbocycles. The van der Waals surface area contributed by atoms with Crippen LogP contribution in [0.25, 0.3) is 0 Å². The first-order valence-corrected chi connectivity index (χ1v) is 4.89. The van der Waals surface area contributed by atoms with Crippen molar-refractivity contribution in [3.63, 3.8) is 0 Å². The second-order valence-corrected chi connectivity index (χ2v) is 3.59. The van der Waals surface area contributed by atoms with E-state index in [1.54, 1.807) is 0 Å². The fourth-order valence-electron chi connectivity index (χ4n) is 0.872. The van der Waals surface area contributed by atoms with E-state index < -0.39 is 11.9 Å². The van der Waals surface area contributed by atoms with E-state index >= 15 is 0 Å². The number of thioether (sulfide) groups is 1. The smallest absolute Gasteiger partial charge is 0.290 e. The molecule has 1 heterocycles. The predicted molar refractivity (Wildman–Crippen MR) is 46.5 cm³/mol. The molecule has 0 fully saturated rings. The molecule has 74 valence electrons. The summed E-state index contributed by atoms with van der Waals surface area (Å²) in [6.07, 6.45) is -2.43. The van der Waals surface area contributed by atoms with Gasteiger partial charge in [0.2, 0.25) is 0 Å². The van der Waals surface area contributed by atoms with Gasteiger partial charge in [0.1, 0.15) is 6.54 Å². The quantitative estimate of drug-likeness (QED) is 0.744. The maximum absolute atomic E-state index is 12.3. The molecular weight excluding hydrogens is 201 g/mol. The third kappa shape index (κ3) is 3.82. The molecule has 0 aromatic rings. The van der Waals surface area contributed by atoms with Crippen LogP contribution in [0.5, 0.6) is 0 Å². The Morgan fingerprint density at radius 2 is 2.23 bits per heavy atom. The van der Waals surface area contributed by atoms with E-state index in [0.29, 0.717) is 5.75 Å². The van der Waals surface area contributed by atoms with Crippen molar-refractivity contribution in [3.05, 3.63) is 11.9 Å². The van der Waals surface area contributed by atoms with Gasteiger partial charge in [0.25, 0.3) is 5.17 Å². The van der Waals surface area contributed by atoms with E-state index in [2.05, 4.69) is 4.99 Å². The van der Waals surface area contributed by atoms with Gasteiger partial charge in [-0.15, -0.1) is 0 Å². The van der Waals surface area contributed by atoms with Gasteiger partial charge in [-0.05, 0) is 11.8 Å². The molecule has 2 N–H and O–H groups in total. The molecule has 0 spiro atoms. The number of amidine groups is 1. The number of nitrogens with zero attached hydrogens (tertiary/aromatic N) is 1. The molecule has 6 heteroatoms. The van der Waals surface area contributed by atoms with Crippen molar-refractivity contribution >= 4 is 16.9 Å². The molecule has 0 aromatic heterocycles. The fraction of sp³-hybridized carbons (Fsp3) is 0.571. The molecule has 2 nitrogen and oxygen atoms in total. The summed E-state index contributed by atoms with van der Waals surface area (Å²) in [5.74, 6) is -0.996. The van der Waals surface area contributed by atoms with Crippen LogP contribution in [-0.4, -0.2) is 24.0 Å². The summed E-state index contributed by atoms with van der Waals surface area (Å²) in [4.78, 5) is 4.08. The first-order valence-electron chi connectivity index (χ1n) is 3.90. The summed E-state index contributed by atoms with van der Waals surface area (Å²) in [5.41, 5.74) is 0. The maximum Gasteiger partial charge on any atom is 0.301 e. The third-order valence-electron chi connectivity index (χ3n) is 1.49. The number of hydrogen-bond acceptors (Lipinski definition) is 2. The van der Waals surface area contributed by atoms with Gasteiger partial charge in [0.05, 0.1) is 6.54 Å². The number of hydrogen-bond donors (Lipinski definition) is 1. The van der Waals surface area contributed by atoms with Gasteiger partial charge in [-0.3, -0.25) is 5.32 Å². The Morgan fingerprint density at radius 1 is 1.46 bits per heavy atom. The molecule has 0 saturated carbocycles. The summed E-state index contributed by atoms with van der Waals surface area (Å²) in [6.45, 7) is 1.66. The summed E-state index contributed by atoms with van der Waals surface area (Å²) >= 11 is 1.32. The summed E-state index contributed by atoms with van der Waals surface area (Å²) in [6, 6.07) is 0. The molecule has 0 atom stereocenters. The zero-order valence-corrected chi connectivity index (χ0v) is 7.71. The SMILES string of the molecule is FC(F)=C(F)CCSC1=NCC[NH2+]1. The second kappa shape index (κ2) is 5.29. The predicted octanol–water partition coefficient (Wildman–Crippen LogP) is 1.12. The third-order valence-corrected chi connectivity index (χ3v) is 2.49. The molecule has 1 aliphatic heterocycles. The highest BCUT2D eigenvalue weighted by atomic mass is 32.2. The van der Waals surface area contributed by atoms with Crippen molar-refractivity contribution in [2.24, 2.45) is 4.99 Å². The van der Waals surface area contributed by atoms with E-state index in [4.69, 9.17) is 0 Å². The lowest BCUT2D eigenvalue weighted by atomic mass is 10.4. The van der Waals surface area contributed by atoms with Crippen LogP contribution in [0.15, 0.2) is 16.9 Å². The summed E-state index contributed by atoms with van der Waals surface area (Å²) < 4.78 is 35.4. The Bertz CT molecular complexity index is 236. The van der Waals surface area contributed by atoms with E-state index in [9.17, 15) is 13.2 Å². The van der Waals surface area contributed by atoms with Crippen LogP contribution in [0, 0.1) is 0 Å². The van der Waals surface area contributed by atoms with Crippen molar-refractivity contribution in [3.8, 4) is 0 Å². The topological polar surface area (TPSA) is 29.0 Å². The van der Waals surface area contributed by atoms with Gasteiger partial charge >= 0.3 is 6.08 Å². The van der Waals surface area contributed by atoms with E-state index in [1.807, 2.05) is 5.32 Å². The lowest BCUT2D eigenvalue weighted by Gasteiger charge is -1.95. The van der Waals surface area contributed by atoms with Gasteiger partial charge in [0, 0.05) is 12.2 Å². The zero-order chi connectivity index (χ0) is 9.68. The van der Waals surface area contributed by atoms with Crippen molar-refractivity contribution in [2.75, 3.05) is 18.8 Å². The minimum Gasteiger partial charge on any atom is -0.290 e. The van der Waals surface area contributed by atoms with Crippen LogP contribution < -0.4 is 5.32 Å². The van der Waals surface area contributed by atoms with E-state index in [0.717, 1.165) is 18.3 Å². The lowest BCUT2D eigenvalue weighted by molar-refractivity contribution is -0.522.